The van der Waals surface area contributed by atoms with E-state index in [1.54, 1.807) is 27.7 Å². The number of hydrogen-bond donors (Lipinski definition) is 0. The average Bonchev–Trinajstić information content (AvgIpc) is 3.09. The molecule has 0 aliphatic heterocycles. The predicted octanol–water partition coefficient (Wildman–Crippen LogP) is 3.17. The molecule has 0 spiro atoms. The molecule has 5 nitrogen and oxygen atoms in total. The Balaban J connectivity index is 1.97. The molecule has 0 radical (unpaired) electrons. The maximum atomic E-state index is 13.2. The molecule has 6 heteroatoms. The lowest BCUT2D eigenvalue weighted by Gasteiger charge is -2.04. The second-order valence-electron chi connectivity index (χ2n) is 5.47. The van der Waals surface area contributed by atoms with Crippen molar-refractivity contribution in [1.82, 2.24) is 24.5 Å². The highest BCUT2D eigenvalue weighted by molar-refractivity contribution is 5.96. The normalized spacial score (nSPS) is 11.3. The maximum Gasteiger partial charge on any atom is 0.181 e. The van der Waals surface area contributed by atoms with Crippen LogP contribution in [0.3, 0.4) is 0 Å². The van der Waals surface area contributed by atoms with Gasteiger partial charge < -0.3 is 0 Å². The number of hydrogen-bond acceptors (Lipinski definition) is 3. The van der Waals surface area contributed by atoms with Gasteiger partial charge in [-0.1, -0.05) is 0 Å². The van der Waals surface area contributed by atoms with E-state index in [4.69, 9.17) is 0 Å². The van der Waals surface area contributed by atoms with Crippen LogP contribution in [0.4, 0.5) is 4.39 Å². The fraction of sp³-hybridized carbons (Fsp3) is 0.118. The topological polar surface area (TPSA) is 48.5 Å². The van der Waals surface area contributed by atoms with Gasteiger partial charge in [-0.05, 0) is 35.9 Å². The summed E-state index contributed by atoms with van der Waals surface area (Å²) in [6.07, 6.45) is 5.64. The van der Waals surface area contributed by atoms with E-state index in [0.717, 1.165) is 27.8 Å². The van der Waals surface area contributed by atoms with E-state index in [1.165, 1.54) is 12.1 Å². The average molecular weight is 307 g/mol. The number of benzene rings is 1. The van der Waals surface area contributed by atoms with Gasteiger partial charge in [0.25, 0.3) is 0 Å². The Hall–Kier alpha value is -3.02. The lowest BCUT2D eigenvalue weighted by Crippen LogP contribution is -1.88. The molecule has 0 aliphatic carbocycles. The number of rotatable bonds is 2. The summed E-state index contributed by atoms with van der Waals surface area (Å²) in [4.78, 5) is 4.30. The number of pyridine rings is 1. The summed E-state index contributed by atoms with van der Waals surface area (Å²) < 4.78 is 16.7. The third-order valence-electron chi connectivity index (χ3n) is 3.77. The van der Waals surface area contributed by atoms with Crippen LogP contribution in [0.5, 0.6) is 0 Å². The molecule has 0 aliphatic rings. The summed E-state index contributed by atoms with van der Waals surface area (Å²) in [5.41, 5.74) is 4.36. The number of aromatic nitrogens is 5. The Morgan fingerprint density at radius 3 is 2.39 bits per heavy atom. The standard InChI is InChI=1S/C17H14FN5/c1-22-9-14(16(20-22)11-3-5-12(18)6-4-11)13-7-8-19-17-15(13)10-23(2)21-17/h3-10H,1-2H3. The van der Waals surface area contributed by atoms with Crippen LogP contribution >= 0.6 is 0 Å². The molecule has 3 heterocycles. The summed E-state index contributed by atoms with van der Waals surface area (Å²) in [5.74, 6) is -0.259. The van der Waals surface area contributed by atoms with Crippen LogP contribution in [-0.4, -0.2) is 24.5 Å². The van der Waals surface area contributed by atoms with E-state index in [-0.39, 0.29) is 5.82 Å². The largest absolute Gasteiger partial charge is 0.275 e. The molecule has 0 saturated heterocycles. The van der Waals surface area contributed by atoms with E-state index in [0.29, 0.717) is 5.65 Å². The van der Waals surface area contributed by atoms with Gasteiger partial charge in [0.15, 0.2) is 5.65 Å². The molecular formula is C17H14FN5. The molecular weight excluding hydrogens is 293 g/mol. The lowest BCUT2D eigenvalue weighted by atomic mass is 10.0. The van der Waals surface area contributed by atoms with Gasteiger partial charge in [-0.3, -0.25) is 9.36 Å². The first-order valence-electron chi connectivity index (χ1n) is 7.20. The Morgan fingerprint density at radius 1 is 0.870 bits per heavy atom. The zero-order valence-electron chi connectivity index (χ0n) is 12.7. The lowest BCUT2D eigenvalue weighted by molar-refractivity contribution is 0.628. The van der Waals surface area contributed by atoms with Crippen molar-refractivity contribution in [3.8, 4) is 22.4 Å². The first-order chi connectivity index (χ1) is 11.1. The van der Waals surface area contributed by atoms with Gasteiger partial charge in [0.2, 0.25) is 0 Å². The summed E-state index contributed by atoms with van der Waals surface area (Å²) in [5, 5.41) is 9.86. The fourth-order valence-corrected chi connectivity index (χ4v) is 2.78. The number of aryl methyl sites for hydroxylation is 2. The van der Waals surface area contributed by atoms with E-state index in [2.05, 4.69) is 15.2 Å². The Morgan fingerprint density at radius 2 is 1.61 bits per heavy atom. The monoisotopic (exact) mass is 307 g/mol. The van der Waals surface area contributed by atoms with Crippen molar-refractivity contribution in [3.63, 3.8) is 0 Å². The van der Waals surface area contributed by atoms with Gasteiger partial charge in [-0.15, -0.1) is 0 Å². The van der Waals surface area contributed by atoms with Crippen LogP contribution in [0.1, 0.15) is 0 Å². The molecule has 4 rings (SSSR count). The molecule has 4 aromatic rings. The van der Waals surface area contributed by atoms with Crippen molar-refractivity contribution in [2.24, 2.45) is 14.1 Å². The van der Waals surface area contributed by atoms with Gasteiger partial charge in [-0.2, -0.15) is 10.2 Å². The summed E-state index contributed by atoms with van der Waals surface area (Å²) in [6, 6.07) is 8.32. The van der Waals surface area contributed by atoms with Gasteiger partial charge in [0.05, 0.1) is 0 Å². The van der Waals surface area contributed by atoms with Crippen molar-refractivity contribution in [3.05, 3.63) is 54.7 Å². The van der Waals surface area contributed by atoms with E-state index in [1.807, 2.05) is 32.6 Å². The molecule has 0 atom stereocenters. The highest BCUT2D eigenvalue weighted by atomic mass is 19.1. The fourth-order valence-electron chi connectivity index (χ4n) is 2.78. The van der Waals surface area contributed by atoms with Crippen LogP contribution < -0.4 is 0 Å². The maximum absolute atomic E-state index is 13.2. The van der Waals surface area contributed by atoms with Crippen molar-refractivity contribution in [2.75, 3.05) is 0 Å². The minimum absolute atomic E-state index is 0.259. The molecule has 0 saturated carbocycles. The summed E-state index contributed by atoms with van der Waals surface area (Å²) >= 11 is 0. The van der Waals surface area contributed by atoms with Crippen molar-refractivity contribution >= 4 is 11.0 Å². The summed E-state index contributed by atoms with van der Waals surface area (Å²) in [7, 11) is 3.74. The molecule has 1 aromatic carbocycles. The van der Waals surface area contributed by atoms with Crippen molar-refractivity contribution in [1.29, 1.82) is 0 Å². The van der Waals surface area contributed by atoms with Gasteiger partial charge >= 0.3 is 0 Å². The highest BCUT2D eigenvalue weighted by Crippen LogP contribution is 2.34. The van der Waals surface area contributed by atoms with Crippen LogP contribution in [0, 0.1) is 5.82 Å². The third kappa shape index (κ3) is 2.28. The smallest absolute Gasteiger partial charge is 0.181 e. The van der Waals surface area contributed by atoms with Gasteiger partial charge in [-0.25, -0.2) is 9.37 Å². The molecule has 23 heavy (non-hydrogen) atoms. The van der Waals surface area contributed by atoms with E-state index < -0.39 is 0 Å². The first kappa shape index (κ1) is 13.6. The molecule has 114 valence electrons. The quantitative estimate of drug-likeness (QED) is 0.571. The minimum atomic E-state index is -0.259. The van der Waals surface area contributed by atoms with Crippen LogP contribution in [0.2, 0.25) is 0 Å². The van der Waals surface area contributed by atoms with Crippen LogP contribution in [0.15, 0.2) is 48.9 Å². The van der Waals surface area contributed by atoms with Crippen LogP contribution in [-0.2, 0) is 14.1 Å². The number of fused-ring (bicyclic) bond motifs is 1. The number of halogens is 1. The van der Waals surface area contributed by atoms with E-state index >= 15 is 0 Å². The van der Waals surface area contributed by atoms with Gasteiger partial charge in [0, 0.05) is 49.2 Å². The molecule has 0 amide bonds. The third-order valence-corrected chi connectivity index (χ3v) is 3.77. The Bertz CT molecular complexity index is 998. The molecule has 3 aromatic heterocycles. The molecule has 0 fully saturated rings. The molecule has 0 bridgehead atoms. The molecule has 0 N–H and O–H groups in total. The van der Waals surface area contributed by atoms with E-state index in [9.17, 15) is 4.39 Å². The molecule has 0 unspecified atom stereocenters. The van der Waals surface area contributed by atoms with Gasteiger partial charge in [0.1, 0.15) is 11.5 Å². The Labute approximate surface area is 132 Å². The second kappa shape index (κ2) is 5.01. The van der Waals surface area contributed by atoms with Crippen molar-refractivity contribution < 1.29 is 4.39 Å². The SMILES string of the molecule is Cn1cc(-c2ccnc3nn(C)cc23)c(-c2ccc(F)cc2)n1. The second-order valence-corrected chi connectivity index (χ2v) is 5.47. The predicted molar refractivity (Wildman–Crippen MR) is 86.1 cm³/mol. The zero-order chi connectivity index (χ0) is 16.0. The number of nitrogens with zero attached hydrogens (tertiary/aromatic N) is 5. The first-order valence-corrected chi connectivity index (χ1v) is 7.20. The Kier molecular flexibility index (Phi) is 2.97. The zero-order valence-corrected chi connectivity index (χ0v) is 12.7. The van der Waals surface area contributed by atoms with Crippen LogP contribution in [0.25, 0.3) is 33.4 Å². The summed E-state index contributed by atoms with van der Waals surface area (Å²) in [6.45, 7) is 0. The highest BCUT2D eigenvalue weighted by Gasteiger charge is 2.16. The van der Waals surface area contributed by atoms with Crippen molar-refractivity contribution in [2.45, 2.75) is 0 Å². The minimum Gasteiger partial charge on any atom is -0.275 e.